The Morgan fingerprint density at radius 2 is 1.96 bits per heavy atom. The number of methoxy groups -OCH3 is 1. The smallest absolute Gasteiger partial charge is 0.330 e. The van der Waals surface area contributed by atoms with Gasteiger partial charge >= 0.3 is 5.97 Å². The molecule has 7 heteroatoms. The van der Waals surface area contributed by atoms with E-state index >= 15 is 0 Å². The lowest BCUT2D eigenvalue weighted by Crippen LogP contribution is -2.33. The van der Waals surface area contributed by atoms with Crippen molar-refractivity contribution < 1.29 is 24.0 Å². The summed E-state index contributed by atoms with van der Waals surface area (Å²) in [6, 6.07) is 5.44. The van der Waals surface area contributed by atoms with Crippen molar-refractivity contribution in [3.05, 3.63) is 46.8 Å². The Labute approximate surface area is 139 Å². The van der Waals surface area contributed by atoms with Crippen molar-refractivity contribution in [2.75, 3.05) is 7.11 Å². The lowest BCUT2D eigenvalue weighted by Gasteiger charge is -2.15. The molecule has 1 unspecified atom stereocenters. The molecule has 1 aromatic heterocycles. The predicted molar refractivity (Wildman–Crippen MR) is 85.8 cm³/mol. The maximum atomic E-state index is 12.1. The third-order valence-electron chi connectivity index (χ3n) is 3.78. The number of rotatable bonds is 7. The van der Waals surface area contributed by atoms with Crippen molar-refractivity contribution in [3.8, 4) is 5.75 Å². The van der Waals surface area contributed by atoms with Crippen LogP contribution in [0.25, 0.3) is 0 Å². The Kier molecular flexibility index (Phi) is 5.57. The van der Waals surface area contributed by atoms with Crippen LogP contribution >= 0.6 is 0 Å². The SMILES string of the molecule is COc1ccc(C(NC(=O)CCc2c(C)noc2C)C(=O)O)cc1. The van der Waals surface area contributed by atoms with E-state index < -0.39 is 12.0 Å². The number of nitrogens with zero attached hydrogens (tertiary/aromatic N) is 1. The molecule has 2 rings (SSSR count). The van der Waals surface area contributed by atoms with Crippen LogP contribution in [-0.2, 0) is 16.0 Å². The van der Waals surface area contributed by atoms with E-state index in [4.69, 9.17) is 9.26 Å². The van der Waals surface area contributed by atoms with Gasteiger partial charge in [-0.25, -0.2) is 4.79 Å². The number of aliphatic carboxylic acids is 1. The van der Waals surface area contributed by atoms with Crippen LogP contribution in [0, 0.1) is 13.8 Å². The molecule has 24 heavy (non-hydrogen) atoms. The third kappa shape index (κ3) is 4.13. The molecule has 0 aliphatic carbocycles. The van der Waals surface area contributed by atoms with Gasteiger partial charge in [0, 0.05) is 12.0 Å². The molecule has 0 radical (unpaired) electrons. The minimum atomic E-state index is -1.12. The van der Waals surface area contributed by atoms with E-state index in [-0.39, 0.29) is 12.3 Å². The lowest BCUT2D eigenvalue weighted by atomic mass is 10.1. The van der Waals surface area contributed by atoms with Crippen LogP contribution in [0.3, 0.4) is 0 Å². The fourth-order valence-corrected chi connectivity index (χ4v) is 2.41. The molecule has 7 nitrogen and oxygen atoms in total. The van der Waals surface area contributed by atoms with Gasteiger partial charge in [-0.1, -0.05) is 17.3 Å². The van der Waals surface area contributed by atoms with Crippen LogP contribution in [0.2, 0.25) is 0 Å². The van der Waals surface area contributed by atoms with Crippen molar-refractivity contribution in [2.45, 2.75) is 32.7 Å². The zero-order valence-corrected chi connectivity index (χ0v) is 13.8. The number of hydrogen-bond donors (Lipinski definition) is 2. The summed E-state index contributed by atoms with van der Waals surface area (Å²) < 4.78 is 10.1. The Hall–Kier alpha value is -2.83. The highest BCUT2D eigenvalue weighted by molar-refractivity contribution is 5.84. The van der Waals surface area contributed by atoms with Crippen molar-refractivity contribution in [2.24, 2.45) is 0 Å². The van der Waals surface area contributed by atoms with Gasteiger partial charge in [-0.15, -0.1) is 0 Å². The standard InChI is InChI=1S/C17H20N2O5/c1-10-14(11(2)24-19-10)8-9-15(20)18-16(17(21)22)12-4-6-13(23-3)7-5-12/h4-7,16H,8-9H2,1-3H3,(H,18,20)(H,21,22). The number of carbonyl (C=O) groups is 2. The quantitative estimate of drug-likeness (QED) is 0.806. The number of ether oxygens (including phenoxy) is 1. The highest BCUT2D eigenvalue weighted by Gasteiger charge is 2.22. The number of nitrogens with one attached hydrogen (secondary N) is 1. The first-order valence-electron chi connectivity index (χ1n) is 7.50. The summed E-state index contributed by atoms with van der Waals surface area (Å²) in [5, 5.41) is 15.7. The van der Waals surface area contributed by atoms with E-state index in [0.29, 0.717) is 23.5 Å². The molecule has 0 aliphatic heterocycles. The van der Waals surface area contributed by atoms with Gasteiger partial charge in [0.15, 0.2) is 6.04 Å². The van der Waals surface area contributed by atoms with Gasteiger partial charge in [-0.05, 0) is 38.0 Å². The second kappa shape index (κ2) is 7.63. The minimum Gasteiger partial charge on any atom is -0.497 e. The molecule has 128 valence electrons. The summed E-state index contributed by atoms with van der Waals surface area (Å²) in [4.78, 5) is 23.6. The summed E-state index contributed by atoms with van der Waals surface area (Å²) in [7, 11) is 1.53. The summed E-state index contributed by atoms with van der Waals surface area (Å²) in [5.41, 5.74) is 2.10. The highest BCUT2D eigenvalue weighted by atomic mass is 16.5. The Balaban J connectivity index is 2.01. The van der Waals surface area contributed by atoms with Gasteiger partial charge in [0.2, 0.25) is 5.91 Å². The normalized spacial score (nSPS) is 11.8. The zero-order valence-electron chi connectivity index (χ0n) is 13.8. The number of aryl methyl sites for hydroxylation is 2. The zero-order chi connectivity index (χ0) is 17.7. The Morgan fingerprint density at radius 1 is 1.29 bits per heavy atom. The van der Waals surface area contributed by atoms with Gasteiger partial charge in [-0.2, -0.15) is 0 Å². The number of benzene rings is 1. The van der Waals surface area contributed by atoms with Gasteiger partial charge < -0.3 is 19.7 Å². The maximum Gasteiger partial charge on any atom is 0.330 e. The summed E-state index contributed by atoms with van der Waals surface area (Å²) >= 11 is 0. The first-order chi connectivity index (χ1) is 11.4. The molecule has 2 N–H and O–H groups in total. The van der Waals surface area contributed by atoms with Crippen LogP contribution in [0.4, 0.5) is 0 Å². The average Bonchev–Trinajstić information content (AvgIpc) is 2.89. The van der Waals surface area contributed by atoms with Crippen LogP contribution < -0.4 is 10.1 Å². The number of hydrogen-bond acceptors (Lipinski definition) is 5. The molecule has 0 fully saturated rings. The second-order valence-electron chi connectivity index (χ2n) is 5.41. The minimum absolute atomic E-state index is 0.156. The number of amides is 1. The van der Waals surface area contributed by atoms with Crippen LogP contribution in [0.1, 0.15) is 35.0 Å². The van der Waals surface area contributed by atoms with E-state index in [2.05, 4.69) is 10.5 Å². The van der Waals surface area contributed by atoms with Crippen molar-refractivity contribution in [1.29, 1.82) is 0 Å². The maximum absolute atomic E-state index is 12.1. The molecule has 0 bridgehead atoms. The molecule has 0 spiro atoms. The molecule has 0 aliphatic rings. The fourth-order valence-electron chi connectivity index (χ4n) is 2.41. The molecule has 1 heterocycles. The van der Waals surface area contributed by atoms with Gasteiger partial charge in [0.05, 0.1) is 12.8 Å². The summed E-state index contributed by atoms with van der Waals surface area (Å²) in [6.07, 6.45) is 0.602. The summed E-state index contributed by atoms with van der Waals surface area (Å²) in [5.74, 6) is -0.179. The Morgan fingerprint density at radius 3 is 2.46 bits per heavy atom. The molecule has 2 aromatic rings. The lowest BCUT2D eigenvalue weighted by molar-refractivity contribution is -0.142. The topological polar surface area (TPSA) is 102 Å². The molecular weight excluding hydrogens is 312 g/mol. The van der Waals surface area contributed by atoms with E-state index in [1.165, 1.54) is 7.11 Å². The molecule has 1 aromatic carbocycles. The van der Waals surface area contributed by atoms with E-state index in [0.717, 1.165) is 11.3 Å². The molecular formula is C17H20N2O5. The largest absolute Gasteiger partial charge is 0.497 e. The fraction of sp³-hybridized carbons (Fsp3) is 0.353. The van der Waals surface area contributed by atoms with E-state index in [9.17, 15) is 14.7 Å². The van der Waals surface area contributed by atoms with Crippen LogP contribution in [-0.4, -0.2) is 29.2 Å². The highest BCUT2D eigenvalue weighted by Crippen LogP contribution is 2.19. The van der Waals surface area contributed by atoms with Gasteiger partial charge in [0.1, 0.15) is 11.5 Å². The number of carboxylic acids is 1. The van der Waals surface area contributed by atoms with Gasteiger partial charge in [-0.3, -0.25) is 4.79 Å². The van der Waals surface area contributed by atoms with Crippen LogP contribution in [0.15, 0.2) is 28.8 Å². The molecule has 1 atom stereocenters. The van der Waals surface area contributed by atoms with E-state index in [1.807, 2.05) is 0 Å². The average molecular weight is 332 g/mol. The molecule has 0 saturated carbocycles. The first-order valence-corrected chi connectivity index (χ1v) is 7.50. The second-order valence-corrected chi connectivity index (χ2v) is 5.41. The third-order valence-corrected chi connectivity index (χ3v) is 3.78. The van der Waals surface area contributed by atoms with Crippen molar-refractivity contribution >= 4 is 11.9 Å². The van der Waals surface area contributed by atoms with E-state index in [1.54, 1.807) is 38.1 Å². The van der Waals surface area contributed by atoms with Crippen molar-refractivity contribution in [1.82, 2.24) is 10.5 Å². The summed E-state index contributed by atoms with van der Waals surface area (Å²) in [6.45, 7) is 3.59. The van der Waals surface area contributed by atoms with Gasteiger partial charge in [0.25, 0.3) is 0 Å². The molecule has 0 saturated heterocycles. The number of carbonyl (C=O) groups excluding carboxylic acids is 1. The Bertz CT molecular complexity index is 702. The monoisotopic (exact) mass is 332 g/mol. The van der Waals surface area contributed by atoms with Crippen molar-refractivity contribution in [3.63, 3.8) is 0 Å². The van der Waals surface area contributed by atoms with Crippen LogP contribution in [0.5, 0.6) is 5.75 Å². The number of aromatic nitrogens is 1. The molecule has 1 amide bonds. The number of carboxylic acid groups (broad SMARTS) is 1. The predicted octanol–water partition coefficient (Wildman–Crippen LogP) is 2.17. The first kappa shape index (κ1) is 17.5.